The Morgan fingerprint density at radius 3 is 2.69 bits per heavy atom. The lowest BCUT2D eigenvalue weighted by Gasteiger charge is -1.92. The summed E-state index contributed by atoms with van der Waals surface area (Å²) in [6.07, 6.45) is 0. The van der Waals surface area contributed by atoms with Crippen LogP contribution in [0.3, 0.4) is 0 Å². The third-order valence-electron chi connectivity index (χ3n) is 2.19. The zero-order chi connectivity index (χ0) is 9.59. The van der Waals surface area contributed by atoms with Crippen LogP contribution in [0.1, 0.15) is 5.69 Å². The lowest BCUT2D eigenvalue weighted by molar-refractivity contribution is 0.514. The van der Waals surface area contributed by atoms with E-state index in [0.717, 1.165) is 11.8 Å². The molecule has 1 heterocycles. The number of fused-ring (bicyclic) bond motifs is 1. The minimum Gasteiger partial charge on any atom is -0.272 e. The molecule has 0 fully saturated rings. The van der Waals surface area contributed by atoms with Crippen LogP contribution in [0, 0.1) is 18.6 Å². The molecular formula is C9H8F2N2. The van der Waals surface area contributed by atoms with Gasteiger partial charge in [0.2, 0.25) is 0 Å². The fraction of sp³-hybridized carbons (Fsp3) is 0.222. The molecule has 0 aliphatic rings. The van der Waals surface area contributed by atoms with E-state index >= 15 is 0 Å². The zero-order valence-electron chi connectivity index (χ0n) is 7.31. The molecule has 0 aliphatic heterocycles. The monoisotopic (exact) mass is 182 g/mol. The van der Waals surface area contributed by atoms with Gasteiger partial charge in [0.05, 0.1) is 0 Å². The van der Waals surface area contributed by atoms with Crippen LogP contribution in [-0.2, 0) is 7.05 Å². The lowest BCUT2D eigenvalue weighted by Crippen LogP contribution is -1.91. The highest BCUT2D eigenvalue weighted by Crippen LogP contribution is 2.21. The molecule has 2 rings (SSSR count). The van der Waals surface area contributed by atoms with Crippen molar-refractivity contribution >= 4 is 10.9 Å². The van der Waals surface area contributed by atoms with Gasteiger partial charge >= 0.3 is 0 Å². The Labute approximate surface area is 73.8 Å². The SMILES string of the molecule is Cc1c2ccc(F)c(F)c2nn1C. The fourth-order valence-corrected chi connectivity index (χ4v) is 1.33. The normalized spacial score (nSPS) is 11.1. The number of benzene rings is 1. The molecule has 13 heavy (non-hydrogen) atoms. The second-order valence-corrected chi connectivity index (χ2v) is 2.97. The van der Waals surface area contributed by atoms with E-state index in [-0.39, 0.29) is 5.52 Å². The fourth-order valence-electron chi connectivity index (χ4n) is 1.33. The van der Waals surface area contributed by atoms with Gasteiger partial charge in [0, 0.05) is 18.1 Å². The van der Waals surface area contributed by atoms with Crippen LogP contribution < -0.4 is 0 Å². The van der Waals surface area contributed by atoms with Gasteiger partial charge < -0.3 is 0 Å². The van der Waals surface area contributed by atoms with Crippen LogP contribution in [0.2, 0.25) is 0 Å². The van der Waals surface area contributed by atoms with Crippen LogP contribution in [0.25, 0.3) is 10.9 Å². The van der Waals surface area contributed by atoms with Gasteiger partial charge in [-0.3, -0.25) is 4.68 Å². The Bertz CT molecular complexity index is 474. The summed E-state index contributed by atoms with van der Waals surface area (Å²) in [6, 6.07) is 2.66. The first-order valence-corrected chi connectivity index (χ1v) is 3.88. The van der Waals surface area contributed by atoms with Gasteiger partial charge in [0.25, 0.3) is 0 Å². The zero-order valence-corrected chi connectivity index (χ0v) is 7.31. The summed E-state index contributed by atoms with van der Waals surface area (Å²) in [4.78, 5) is 0. The highest BCUT2D eigenvalue weighted by molar-refractivity contribution is 5.81. The van der Waals surface area contributed by atoms with Crippen molar-refractivity contribution in [3.63, 3.8) is 0 Å². The Balaban J connectivity index is 2.94. The van der Waals surface area contributed by atoms with Gasteiger partial charge in [-0.2, -0.15) is 5.10 Å². The third-order valence-corrected chi connectivity index (χ3v) is 2.19. The minimum absolute atomic E-state index is 0.0972. The summed E-state index contributed by atoms with van der Waals surface area (Å²) in [5.41, 5.74) is 0.925. The quantitative estimate of drug-likeness (QED) is 0.610. The number of nitrogens with zero attached hydrogens (tertiary/aromatic N) is 2. The second kappa shape index (κ2) is 2.52. The highest BCUT2D eigenvalue weighted by atomic mass is 19.2. The standard InChI is InChI=1S/C9H8F2N2/c1-5-6-3-4-7(10)8(11)9(6)12-13(5)2/h3-4H,1-2H3. The van der Waals surface area contributed by atoms with E-state index in [9.17, 15) is 8.78 Å². The second-order valence-electron chi connectivity index (χ2n) is 2.97. The maximum absolute atomic E-state index is 13.1. The first-order valence-electron chi connectivity index (χ1n) is 3.88. The summed E-state index contributed by atoms with van der Waals surface area (Å²) in [5.74, 6) is -1.73. The van der Waals surface area contributed by atoms with Crippen molar-refractivity contribution in [2.24, 2.45) is 7.05 Å². The molecule has 1 aromatic carbocycles. The molecule has 68 valence electrons. The number of aryl methyl sites for hydroxylation is 2. The molecule has 0 unspecified atom stereocenters. The molecule has 0 atom stereocenters. The van der Waals surface area contributed by atoms with E-state index in [1.807, 2.05) is 6.92 Å². The lowest BCUT2D eigenvalue weighted by atomic mass is 10.2. The first kappa shape index (κ1) is 8.16. The van der Waals surface area contributed by atoms with Crippen LogP contribution in [0.4, 0.5) is 8.78 Å². The van der Waals surface area contributed by atoms with Gasteiger partial charge in [-0.05, 0) is 19.1 Å². The Kier molecular flexibility index (Phi) is 1.58. The van der Waals surface area contributed by atoms with E-state index < -0.39 is 11.6 Å². The molecule has 0 N–H and O–H groups in total. The van der Waals surface area contributed by atoms with E-state index in [1.165, 1.54) is 10.7 Å². The highest BCUT2D eigenvalue weighted by Gasteiger charge is 2.12. The van der Waals surface area contributed by atoms with Gasteiger partial charge in [0.15, 0.2) is 11.6 Å². The largest absolute Gasteiger partial charge is 0.272 e. The predicted octanol–water partition coefficient (Wildman–Crippen LogP) is 2.16. The van der Waals surface area contributed by atoms with Crippen molar-refractivity contribution in [1.82, 2.24) is 9.78 Å². The average molecular weight is 182 g/mol. The van der Waals surface area contributed by atoms with Gasteiger partial charge in [-0.15, -0.1) is 0 Å². The number of hydrogen-bond acceptors (Lipinski definition) is 1. The number of rotatable bonds is 0. The first-order chi connectivity index (χ1) is 6.11. The van der Waals surface area contributed by atoms with Gasteiger partial charge in [-0.25, -0.2) is 8.78 Å². The molecule has 1 aromatic heterocycles. The summed E-state index contributed by atoms with van der Waals surface area (Å²) in [5, 5.41) is 4.53. The van der Waals surface area contributed by atoms with E-state index in [2.05, 4.69) is 5.10 Å². The predicted molar refractivity (Wildman–Crippen MR) is 45.4 cm³/mol. The molecule has 0 bridgehead atoms. The van der Waals surface area contributed by atoms with Crippen molar-refractivity contribution in [1.29, 1.82) is 0 Å². The van der Waals surface area contributed by atoms with E-state index in [4.69, 9.17) is 0 Å². The Hall–Kier alpha value is -1.45. The Morgan fingerprint density at radius 2 is 2.00 bits per heavy atom. The smallest absolute Gasteiger partial charge is 0.186 e. The van der Waals surface area contributed by atoms with Crippen molar-refractivity contribution < 1.29 is 8.78 Å². The number of hydrogen-bond donors (Lipinski definition) is 0. The molecule has 4 heteroatoms. The summed E-state index contributed by atoms with van der Waals surface area (Å²) >= 11 is 0. The van der Waals surface area contributed by atoms with Crippen molar-refractivity contribution in [3.05, 3.63) is 29.5 Å². The van der Waals surface area contributed by atoms with E-state index in [1.54, 1.807) is 7.05 Å². The molecule has 0 spiro atoms. The van der Waals surface area contributed by atoms with Crippen molar-refractivity contribution in [3.8, 4) is 0 Å². The minimum atomic E-state index is -0.874. The molecule has 2 nitrogen and oxygen atoms in total. The van der Waals surface area contributed by atoms with Crippen LogP contribution in [0.5, 0.6) is 0 Å². The summed E-state index contributed by atoms with van der Waals surface area (Å²) < 4.78 is 27.4. The topological polar surface area (TPSA) is 17.8 Å². The average Bonchev–Trinajstić information content (AvgIpc) is 2.38. The van der Waals surface area contributed by atoms with E-state index in [0.29, 0.717) is 5.39 Å². The summed E-state index contributed by atoms with van der Waals surface area (Å²) in [7, 11) is 1.70. The molecular weight excluding hydrogens is 174 g/mol. The molecule has 0 aliphatic carbocycles. The third kappa shape index (κ3) is 1.02. The summed E-state index contributed by atoms with van der Waals surface area (Å²) in [6.45, 7) is 1.81. The van der Waals surface area contributed by atoms with Gasteiger partial charge in [-0.1, -0.05) is 0 Å². The number of aromatic nitrogens is 2. The van der Waals surface area contributed by atoms with Crippen LogP contribution >= 0.6 is 0 Å². The molecule has 0 saturated carbocycles. The molecule has 2 aromatic rings. The molecule has 0 saturated heterocycles. The molecule has 0 amide bonds. The van der Waals surface area contributed by atoms with Crippen LogP contribution in [0.15, 0.2) is 12.1 Å². The number of halogens is 2. The molecule has 0 radical (unpaired) electrons. The van der Waals surface area contributed by atoms with Gasteiger partial charge in [0.1, 0.15) is 5.52 Å². The maximum Gasteiger partial charge on any atom is 0.186 e. The van der Waals surface area contributed by atoms with Crippen LogP contribution in [-0.4, -0.2) is 9.78 Å². The van der Waals surface area contributed by atoms with Crippen molar-refractivity contribution in [2.45, 2.75) is 6.92 Å². The van der Waals surface area contributed by atoms with Crippen molar-refractivity contribution in [2.75, 3.05) is 0 Å². The maximum atomic E-state index is 13.1. The Morgan fingerprint density at radius 1 is 1.31 bits per heavy atom.